The van der Waals surface area contributed by atoms with Gasteiger partial charge in [0.05, 0.1) is 10.3 Å². The molecule has 0 heterocycles. The molecule has 2 fully saturated rings. The van der Waals surface area contributed by atoms with E-state index in [1.807, 2.05) is 0 Å². The number of carboxylic acids is 1. The molecule has 2 aliphatic carbocycles. The Bertz CT molecular complexity index is 554. The van der Waals surface area contributed by atoms with Crippen molar-refractivity contribution >= 4 is 11.7 Å². The molecule has 5 nitrogen and oxygen atoms in total. The summed E-state index contributed by atoms with van der Waals surface area (Å²) in [6.45, 7) is 0. The van der Waals surface area contributed by atoms with Crippen LogP contribution in [-0.4, -0.2) is 16.0 Å². The van der Waals surface area contributed by atoms with Gasteiger partial charge in [-0.15, -0.1) is 0 Å². The van der Waals surface area contributed by atoms with E-state index < -0.39 is 16.3 Å². The number of benzene rings is 1. The van der Waals surface area contributed by atoms with Crippen LogP contribution in [-0.2, 0) is 10.2 Å². The summed E-state index contributed by atoms with van der Waals surface area (Å²) >= 11 is 0. The first-order chi connectivity index (χ1) is 8.97. The SMILES string of the molecule is O=C(O)C1(c2cccc([N+](=O)[O-])c2)CC2(CCC2)C1. The molecule has 0 saturated heterocycles. The van der Waals surface area contributed by atoms with Crippen LogP contribution in [0.3, 0.4) is 0 Å². The van der Waals surface area contributed by atoms with E-state index in [0.717, 1.165) is 12.8 Å². The van der Waals surface area contributed by atoms with Gasteiger partial charge in [0.25, 0.3) is 5.69 Å². The van der Waals surface area contributed by atoms with Crippen LogP contribution in [0.1, 0.15) is 37.7 Å². The monoisotopic (exact) mass is 261 g/mol. The normalized spacial score (nSPS) is 22.3. The zero-order chi connectivity index (χ0) is 13.7. The summed E-state index contributed by atoms with van der Waals surface area (Å²) in [6.07, 6.45) is 4.60. The van der Waals surface area contributed by atoms with Gasteiger partial charge in [0, 0.05) is 12.1 Å². The molecule has 1 N–H and O–H groups in total. The van der Waals surface area contributed by atoms with Gasteiger partial charge in [0.1, 0.15) is 0 Å². The molecule has 0 unspecified atom stereocenters. The van der Waals surface area contributed by atoms with E-state index in [9.17, 15) is 20.0 Å². The predicted molar refractivity (Wildman–Crippen MR) is 67.9 cm³/mol. The number of carboxylic acid groups (broad SMARTS) is 1. The summed E-state index contributed by atoms with van der Waals surface area (Å²) < 4.78 is 0. The number of hydrogen-bond acceptors (Lipinski definition) is 3. The molecule has 1 aromatic rings. The molecule has 0 aromatic heterocycles. The van der Waals surface area contributed by atoms with Gasteiger partial charge in [-0.1, -0.05) is 18.6 Å². The number of rotatable bonds is 3. The van der Waals surface area contributed by atoms with Crippen LogP contribution >= 0.6 is 0 Å². The van der Waals surface area contributed by atoms with Gasteiger partial charge >= 0.3 is 5.97 Å². The summed E-state index contributed by atoms with van der Waals surface area (Å²) in [5, 5.41) is 20.4. The van der Waals surface area contributed by atoms with Crippen LogP contribution in [0.15, 0.2) is 24.3 Å². The van der Waals surface area contributed by atoms with Crippen molar-refractivity contribution in [1.82, 2.24) is 0 Å². The Hall–Kier alpha value is -1.91. The van der Waals surface area contributed by atoms with Crippen molar-refractivity contribution in [1.29, 1.82) is 0 Å². The van der Waals surface area contributed by atoms with Crippen LogP contribution in [0.25, 0.3) is 0 Å². The zero-order valence-electron chi connectivity index (χ0n) is 10.5. The van der Waals surface area contributed by atoms with E-state index in [4.69, 9.17) is 0 Å². The minimum absolute atomic E-state index is 0.0346. The third-order valence-electron chi connectivity index (χ3n) is 4.79. The van der Waals surface area contributed by atoms with Crippen LogP contribution in [0.2, 0.25) is 0 Å². The first-order valence-electron chi connectivity index (χ1n) is 6.46. The first-order valence-corrected chi connectivity index (χ1v) is 6.46. The fourth-order valence-corrected chi connectivity index (χ4v) is 3.65. The van der Waals surface area contributed by atoms with Gasteiger partial charge in [-0.3, -0.25) is 14.9 Å². The number of nitrogens with zero attached hydrogens (tertiary/aromatic N) is 1. The van der Waals surface area contributed by atoms with Crippen LogP contribution < -0.4 is 0 Å². The van der Waals surface area contributed by atoms with Gasteiger partial charge in [-0.25, -0.2) is 0 Å². The fraction of sp³-hybridized carbons (Fsp3) is 0.500. The van der Waals surface area contributed by atoms with Crippen molar-refractivity contribution in [3.05, 3.63) is 39.9 Å². The maximum Gasteiger partial charge on any atom is 0.314 e. The highest BCUT2D eigenvalue weighted by atomic mass is 16.6. The maximum absolute atomic E-state index is 11.6. The van der Waals surface area contributed by atoms with Crippen molar-refractivity contribution < 1.29 is 14.8 Å². The lowest BCUT2D eigenvalue weighted by Crippen LogP contribution is -2.57. The highest BCUT2D eigenvalue weighted by molar-refractivity contribution is 5.83. The van der Waals surface area contributed by atoms with Crippen molar-refractivity contribution in [3.63, 3.8) is 0 Å². The number of carbonyl (C=O) groups is 1. The summed E-state index contributed by atoms with van der Waals surface area (Å²) in [4.78, 5) is 22.0. The Balaban J connectivity index is 1.96. The molecule has 1 aromatic carbocycles. The Labute approximate surface area is 110 Å². The fourth-order valence-electron chi connectivity index (χ4n) is 3.65. The lowest BCUT2D eigenvalue weighted by Gasteiger charge is -2.59. The second-order valence-electron chi connectivity index (χ2n) is 5.90. The number of nitro groups is 1. The van der Waals surface area contributed by atoms with E-state index >= 15 is 0 Å². The Morgan fingerprint density at radius 2 is 2.00 bits per heavy atom. The summed E-state index contributed by atoms with van der Waals surface area (Å²) in [7, 11) is 0. The van der Waals surface area contributed by atoms with Gasteiger partial charge in [-0.2, -0.15) is 0 Å². The lowest BCUT2D eigenvalue weighted by molar-refractivity contribution is -0.385. The minimum Gasteiger partial charge on any atom is -0.481 e. The molecule has 100 valence electrons. The Kier molecular flexibility index (Phi) is 2.42. The molecular formula is C14H15NO4. The quantitative estimate of drug-likeness (QED) is 0.670. The van der Waals surface area contributed by atoms with E-state index in [1.165, 1.54) is 18.6 Å². The van der Waals surface area contributed by atoms with Crippen molar-refractivity contribution in [2.24, 2.45) is 5.41 Å². The van der Waals surface area contributed by atoms with Crippen molar-refractivity contribution in [3.8, 4) is 0 Å². The molecule has 0 radical (unpaired) electrons. The van der Waals surface area contributed by atoms with Gasteiger partial charge in [0.2, 0.25) is 0 Å². The molecule has 1 spiro atoms. The molecule has 0 atom stereocenters. The second-order valence-corrected chi connectivity index (χ2v) is 5.90. The standard InChI is InChI=1S/C14H15NO4/c16-12(17)14(8-13(9-14)5-2-6-13)10-3-1-4-11(7-10)15(18)19/h1,3-4,7H,2,5-6,8-9H2,(H,16,17). The highest BCUT2D eigenvalue weighted by Crippen LogP contribution is 2.65. The van der Waals surface area contributed by atoms with E-state index in [1.54, 1.807) is 12.1 Å². The molecular weight excluding hydrogens is 246 g/mol. The van der Waals surface area contributed by atoms with Crippen molar-refractivity contribution in [2.75, 3.05) is 0 Å². The molecule has 5 heteroatoms. The molecule has 2 saturated carbocycles. The molecule has 2 aliphatic rings. The molecule has 19 heavy (non-hydrogen) atoms. The van der Waals surface area contributed by atoms with E-state index in [2.05, 4.69) is 0 Å². The smallest absolute Gasteiger partial charge is 0.314 e. The Morgan fingerprint density at radius 1 is 1.32 bits per heavy atom. The van der Waals surface area contributed by atoms with Gasteiger partial charge < -0.3 is 5.11 Å². The largest absolute Gasteiger partial charge is 0.481 e. The van der Waals surface area contributed by atoms with E-state index in [-0.39, 0.29) is 11.1 Å². The van der Waals surface area contributed by atoms with Crippen LogP contribution in [0.4, 0.5) is 5.69 Å². The minimum atomic E-state index is -0.910. The lowest BCUT2D eigenvalue weighted by atomic mass is 9.44. The molecule has 0 aliphatic heterocycles. The number of aliphatic carboxylic acids is 1. The van der Waals surface area contributed by atoms with Gasteiger partial charge in [-0.05, 0) is 36.7 Å². The predicted octanol–water partition coefficient (Wildman–Crippen LogP) is 2.88. The number of non-ortho nitro benzene ring substituents is 1. The third-order valence-corrected chi connectivity index (χ3v) is 4.79. The topological polar surface area (TPSA) is 80.4 Å². The van der Waals surface area contributed by atoms with Gasteiger partial charge in [0.15, 0.2) is 0 Å². The number of nitro benzene ring substituents is 1. The number of hydrogen-bond donors (Lipinski definition) is 1. The molecule has 0 bridgehead atoms. The average Bonchev–Trinajstić information content (AvgIpc) is 2.25. The molecule has 0 amide bonds. The second kappa shape index (κ2) is 3.79. The van der Waals surface area contributed by atoms with Crippen LogP contribution in [0, 0.1) is 15.5 Å². The summed E-state index contributed by atoms with van der Waals surface area (Å²) in [5.74, 6) is -0.856. The average molecular weight is 261 g/mol. The van der Waals surface area contributed by atoms with E-state index in [0.29, 0.717) is 18.4 Å². The highest BCUT2D eigenvalue weighted by Gasteiger charge is 2.61. The Morgan fingerprint density at radius 3 is 2.47 bits per heavy atom. The van der Waals surface area contributed by atoms with Crippen LogP contribution in [0.5, 0.6) is 0 Å². The third kappa shape index (κ3) is 1.64. The zero-order valence-corrected chi connectivity index (χ0v) is 10.5. The molecule has 3 rings (SSSR count). The van der Waals surface area contributed by atoms with Crippen molar-refractivity contribution in [2.45, 2.75) is 37.5 Å². The summed E-state index contributed by atoms with van der Waals surface area (Å²) in [6, 6.07) is 6.09. The first kappa shape index (κ1) is 12.1. The summed E-state index contributed by atoms with van der Waals surface area (Å²) in [5.41, 5.74) is -0.172. The maximum atomic E-state index is 11.6.